The normalized spacial score (nSPS) is 9.65. The number of nitriles is 1. The molecule has 0 aromatic heterocycles. The minimum Gasteiger partial charge on any atom is -0.496 e. The molecule has 0 bridgehead atoms. The van der Waals surface area contributed by atoms with Crippen LogP contribution in [0.4, 0.5) is 5.69 Å². The van der Waals surface area contributed by atoms with Gasteiger partial charge in [0.25, 0.3) is 5.91 Å². The monoisotopic (exact) mass is 330 g/mol. The fraction of sp³-hybridized carbons (Fsp3) is 0.0667. The fourth-order valence-electron chi connectivity index (χ4n) is 1.68. The van der Waals surface area contributed by atoms with E-state index in [1.54, 1.807) is 49.6 Å². The van der Waals surface area contributed by atoms with E-state index >= 15 is 0 Å². The smallest absolute Gasteiger partial charge is 0.255 e. The Bertz CT molecular complexity index is 693. The third-order valence-corrected chi connectivity index (χ3v) is 3.28. The summed E-state index contributed by atoms with van der Waals surface area (Å²) in [7, 11) is 1.56. The molecule has 0 saturated carbocycles. The number of ether oxygens (including phenoxy) is 1. The molecule has 0 aliphatic heterocycles. The highest BCUT2D eigenvalue weighted by Crippen LogP contribution is 2.25. The van der Waals surface area contributed by atoms with Gasteiger partial charge >= 0.3 is 0 Å². The van der Waals surface area contributed by atoms with Gasteiger partial charge in [-0.2, -0.15) is 5.26 Å². The Balaban J connectivity index is 2.19. The lowest BCUT2D eigenvalue weighted by Crippen LogP contribution is -2.12. The van der Waals surface area contributed by atoms with Crippen molar-refractivity contribution in [3.05, 3.63) is 58.1 Å². The van der Waals surface area contributed by atoms with Crippen LogP contribution in [0.25, 0.3) is 0 Å². The summed E-state index contributed by atoms with van der Waals surface area (Å²) in [6.45, 7) is 0. The molecule has 1 amide bonds. The largest absolute Gasteiger partial charge is 0.496 e. The third kappa shape index (κ3) is 3.16. The van der Waals surface area contributed by atoms with E-state index in [1.165, 1.54) is 0 Å². The summed E-state index contributed by atoms with van der Waals surface area (Å²) in [6.07, 6.45) is 0. The number of carbonyl (C=O) groups excluding carboxylic acids is 1. The lowest BCUT2D eigenvalue weighted by Gasteiger charge is -2.08. The lowest BCUT2D eigenvalue weighted by molar-refractivity contribution is 0.102. The summed E-state index contributed by atoms with van der Waals surface area (Å²) >= 11 is 3.34. The van der Waals surface area contributed by atoms with Crippen molar-refractivity contribution in [2.75, 3.05) is 12.4 Å². The second-order valence-electron chi connectivity index (χ2n) is 4.00. The van der Waals surface area contributed by atoms with Crippen molar-refractivity contribution in [3.63, 3.8) is 0 Å². The fourth-order valence-corrected chi connectivity index (χ4v) is 2.22. The SMILES string of the molecule is COc1ccc(C(=O)Nc2cccc(C#N)c2)cc1Br. The minimum absolute atomic E-state index is 0.247. The molecule has 0 aliphatic rings. The summed E-state index contributed by atoms with van der Waals surface area (Å²) < 4.78 is 5.82. The zero-order chi connectivity index (χ0) is 14.5. The maximum Gasteiger partial charge on any atom is 0.255 e. The van der Waals surface area contributed by atoms with Crippen LogP contribution in [0, 0.1) is 11.3 Å². The highest BCUT2D eigenvalue weighted by atomic mass is 79.9. The Hall–Kier alpha value is -2.32. The number of rotatable bonds is 3. The van der Waals surface area contributed by atoms with Crippen molar-refractivity contribution in [2.24, 2.45) is 0 Å². The molecule has 0 radical (unpaired) electrons. The molecule has 2 aromatic carbocycles. The van der Waals surface area contributed by atoms with Crippen molar-refractivity contribution >= 4 is 27.5 Å². The van der Waals surface area contributed by atoms with E-state index in [1.807, 2.05) is 6.07 Å². The van der Waals surface area contributed by atoms with E-state index in [9.17, 15) is 4.79 Å². The molecule has 5 heteroatoms. The van der Waals surface area contributed by atoms with E-state index in [4.69, 9.17) is 10.00 Å². The number of anilines is 1. The van der Waals surface area contributed by atoms with Gasteiger partial charge in [0.1, 0.15) is 5.75 Å². The number of nitrogens with one attached hydrogen (secondary N) is 1. The van der Waals surface area contributed by atoms with Gasteiger partial charge in [0.15, 0.2) is 0 Å². The average Bonchev–Trinajstić information content (AvgIpc) is 2.47. The van der Waals surface area contributed by atoms with E-state index < -0.39 is 0 Å². The number of methoxy groups -OCH3 is 1. The van der Waals surface area contributed by atoms with Crippen LogP contribution in [0.2, 0.25) is 0 Å². The molecule has 2 rings (SSSR count). The Labute approximate surface area is 125 Å². The molecular formula is C15H11BrN2O2. The van der Waals surface area contributed by atoms with Crippen molar-refractivity contribution in [3.8, 4) is 11.8 Å². The number of carbonyl (C=O) groups is 1. The summed E-state index contributed by atoms with van der Waals surface area (Å²) in [5.74, 6) is 0.413. The number of hydrogen-bond acceptors (Lipinski definition) is 3. The van der Waals surface area contributed by atoms with Crippen LogP contribution < -0.4 is 10.1 Å². The molecule has 0 spiro atoms. The number of nitrogens with zero attached hydrogens (tertiary/aromatic N) is 1. The predicted octanol–water partition coefficient (Wildman–Crippen LogP) is 3.58. The van der Waals surface area contributed by atoms with Gasteiger partial charge < -0.3 is 10.1 Å². The van der Waals surface area contributed by atoms with Gasteiger partial charge in [0.2, 0.25) is 0 Å². The number of hydrogen-bond donors (Lipinski definition) is 1. The number of benzene rings is 2. The van der Waals surface area contributed by atoms with Gasteiger partial charge in [-0.15, -0.1) is 0 Å². The zero-order valence-corrected chi connectivity index (χ0v) is 12.3. The molecule has 1 N–H and O–H groups in total. The molecule has 4 nitrogen and oxygen atoms in total. The summed E-state index contributed by atoms with van der Waals surface area (Å²) in [4.78, 5) is 12.1. The van der Waals surface area contributed by atoms with Gasteiger partial charge in [-0.05, 0) is 52.3 Å². The highest BCUT2D eigenvalue weighted by Gasteiger charge is 2.09. The Morgan fingerprint density at radius 1 is 1.30 bits per heavy atom. The van der Waals surface area contributed by atoms with Crippen LogP contribution in [-0.4, -0.2) is 13.0 Å². The zero-order valence-electron chi connectivity index (χ0n) is 10.7. The van der Waals surface area contributed by atoms with Gasteiger partial charge in [-0.25, -0.2) is 0 Å². The predicted molar refractivity (Wildman–Crippen MR) is 79.8 cm³/mol. The topological polar surface area (TPSA) is 62.1 Å². The van der Waals surface area contributed by atoms with E-state index in [0.29, 0.717) is 27.0 Å². The molecular weight excluding hydrogens is 320 g/mol. The maximum atomic E-state index is 12.1. The Kier molecular flexibility index (Phi) is 4.38. The first-order chi connectivity index (χ1) is 9.63. The van der Waals surface area contributed by atoms with Crippen LogP contribution in [0.1, 0.15) is 15.9 Å². The second kappa shape index (κ2) is 6.22. The van der Waals surface area contributed by atoms with Gasteiger partial charge in [0, 0.05) is 11.3 Å². The Morgan fingerprint density at radius 3 is 2.75 bits per heavy atom. The third-order valence-electron chi connectivity index (χ3n) is 2.66. The number of amides is 1. The standard InChI is InChI=1S/C15H11BrN2O2/c1-20-14-6-5-11(8-13(14)16)15(19)18-12-4-2-3-10(7-12)9-17/h2-8H,1H3,(H,18,19). The van der Waals surface area contributed by atoms with Crippen LogP contribution in [0.15, 0.2) is 46.9 Å². The Morgan fingerprint density at radius 2 is 2.10 bits per heavy atom. The van der Waals surface area contributed by atoms with Crippen LogP contribution in [0.5, 0.6) is 5.75 Å². The first kappa shape index (κ1) is 14.1. The van der Waals surface area contributed by atoms with E-state index in [0.717, 1.165) is 0 Å². The molecule has 20 heavy (non-hydrogen) atoms. The second-order valence-corrected chi connectivity index (χ2v) is 4.85. The summed E-state index contributed by atoms with van der Waals surface area (Å²) in [5, 5.41) is 11.6. The van der Waals surface area contributed by atoms with Gasteiger partial charge in [0.05, 0.1) is 23.2 Å². The van der Waals surface area contributed by atoms with Gasteiger partial charge in [-0.1, -0.05) is 6.07 Å². The molecule has 0 saturated heterocycles. The molecule has 2 aromatic rings. The molecule has 0 heterocycles. The number of halogens is 1. The van der Waals surface area contributed by atoms with Crippen molar-refractivity contribution in [1.29, 1.82) is 5.26 Å². The lowest BCUT2D eigenvalue weighted by atomic mass is 10.2. The summed E-state index contributed by atoms with van der Waals surface area (Å²) in [6, 6.07) is 13.9. The quantitative estimate of drug-likeness (QED) is 0.935. The first-order valence-electron chi connectivity index (χ1n) is 5.79. The van der Waals surface area contributed by atoms with E-state index in [2.05, 4.69) is 21.2 Å². The maximum absolute atomic E-state index is 12.1. The molecule has 0 unspecified atom stereocenters. The van der Waals surface area contributed by atoms with Crippen molar-refractivity contribution in [2.45, 2.75) is 0 Å². The molecule has 0 aliphatic carbocycles. The van der Waals surface area contributed by atoms with Crippen LogP contribution >= 0.6 is 15.9 Å². The van der Waals surface area contributed by atoms with Crippen molar-refractivity contribution in [1.82, 2.24) is 0 Å². The average molecular weight is 331 g/mol. The molecule has 0 atom stereocenters. The van der Waals surface area contributed by atoms with Crippen LogP contribution in [0.3, 0.4) is 0 Å². The molecule has 100 valence electrons. The molecule has 0 fully saturated rings. The first-order valence-corrected chi connectivity index (χ1v) is 6.58. The summed E-state index contributed by atoms with van der Waals surface area (Å²) in [5.41, 5.74) is 1.58. The highest BCUT2D eigenvalue weighted by molar-refractivity contribution is 9.10. The van der Waals surface area contributed by atoms with Gasteiger partial charge in [-0.3, -0.25) is 4.79 Å². The van der Waals surface area contributed by atoms with Crippen LogP contribution in [-0.2, 0) is 0 Å². The van der Waals surface area contributed by atoms with Crippen molar-refractivity contribution < 1.29 is 9.53 Å². The van der Waals surface area contributed by atoms with E-state index in [-0.39, 0.29) is 5.91 Å². The minimum atomic E-state index is -0.247.